The zero-order chi connectivity index (χ0) is 20.9. The fourth-order valence-electron chi connectivity index (χ4n) is 3.61. The summed E-state index contributed by atoms with van der Waals surface area (Å²) in [6.45, 7) is 3.78. The third kappa shape index (κ3) is 4.87. The smallest absolute Gasteiger partial charge is 0.233 e. The number of likely N-dealkylation sites (tertiary alicyclic amines) is 1. The average Bonchev–Trinajstić information content (AvgIpc) is 2.98. The number of hydrogen-bond acceptors (Lipinski definition) is 4. The van der Waals surface area contributed by atoms with Gasteiger partial charge in [-0.15, -0.1) is 10.2 Å². The minimum absolute atomic E-state index is 0.174. The van der Waals surface area contributed by atoms with E-state index in [0.29, 0.717) is 15.9 Å². The summed E-state index contributed by atoms with van der Waals surface area (Å²) in [7, 11) is 0. The maximum atomic E-state index is 12.8. The van der Waals surface area contributed by atoms with E-state index in [2.05, 4.69) is 41.4 Å². The fourth-order valence-corrected chi connectivity index (χ4v) is 4.59. The van der Waals surface area contributed by atoms with Crippen LogP contribution in [0.5, 0.6) is 0 Å². The molecule has 0 saturated carbocycles. The first-order chi connectivity index (χ1) is 14.6. The molecular weight excluding hydrogens is 416 g/mol. The highest BCUT2D eigenvalue weighted by Gasteiger charge is 2.20. The molecule has 0 bridgehead atoms. The van der Waals surface area contributed by atoms with Crippen LogP contribution in [0.1, 0.15) is 31.2 Å². The Kier molecular flexibility index (Phi) is 6.75. The van der Waals surface area contributed by atoms with Gasteiger partial charge < -0.3 is 4.90 Å². The SMILES string of the molecule is Cc1ccc(-n2c(SCC(=O)N3CCCCCC3)nnc2-c2ccc(Cl)cc2)cc1. The molecule has 0 spiro atoms. The van der Waals surface area contributed by atoms with E-state index < -0.39 is 0 Å². The number of carbonyl (C=O) groups excluding carboxylic acids is 1. The number of aryl methyl sites for hydroxylation is 1. The van der Waals surface area contributed by atoms with Crippen LogP contribution in [0.25, 0.3) is 17.1 Å². The van der Waals surface area contributed by atoms with Crippen LogP contribution in [0.15, 0.2) is 53.7 Å². The summed E-state index contributed by atoms with van der Waals surface area (Å²) in [5.41, 5.74) is 3.09. The third-order valence-electron chi connectivity index (χ3n) is 5.31. The molecule has 0 radical (unpaired) electrons. The molecule has 7 heteroatoms. The second-order valence-corrected chi connectivity index (χ2v) is 8.95. The van der Waals surface area contributed by atoms with Crippen LogP contribution in [-0.4, -0.2) is 44.4 Å². The number of carbonyl (C=O) groups is 1. The van der Waals surface area contributed by atoms with Gasteiger partial charge in [0, 0.05) is 29.4 Å². The number of hydrogen-bond donors (Lipinski definition) is 0. The lowest BCUT2D eigenvalue weighted by atomic mass is 10.2. The molecule has 4 rings (SSSR count). The molecule has 0 aliphatic carbocycles. The Hall–Kier alpha value is -2.31. The molecule has 0 atom stereocenters. The van der Waals surface area contributed by atoms with Crippen molar-refractivity contribution in [1.82, 2.24) is 19.7 Å². The first-order valence-electron chi connectivity index (χ1n) is 10.3. The third-order valence-corrected chi connectivity index (χ3v) is 6.48. The molecular formula is C23H25ClN4OS. The standard InChI is InChI=1S/C23H25ClN4OS/c1-17-6-12-20(13-7-17)28-22(18-8-10-19(24)11-9-18)25-26-23(28)30-16-21(29)27-14-4-2-3-5-15-27/h6-13H,2-5,14-16H2,1H3. The molecule has 1 fully saturated rings. The molecule has 1 aliphatic heterocycles. The summed E-state index contributed by atoms with van der Waals surface area (Å²) in [5, 5.41) is 10.3. The average molecular weight is 441 g/mol. The van der Waals surface area contributed by atoms with E-state index in [1.807, 2.05) is 33.7 Å². The number of nitrogens with zero attached hydrogens (tertiary/aromatic N) is 4. The van der Waals surface area contributed by atoms with E-state index >= 15 is 0 Å². The van der Waals surface area contributed by atoms with Gasteiger partial charge in [0.25, 0.3) is 0 Å². The van der Waals surface area contributed by atoms with Crippen molar-refractivity contribution in [2.75, 3.05) is 18.8 Å². The summed E-state index contributed by atoms with van der Waals surface area (Å²) >= 11 is 7.50. The van der Waals surface area contributed by atoms with Gasteiger partial charge in [-0.2, -0.15) is 0 Å². The number of amides is 1. The highest BCUT2D eigenvalue weighted by molar-refractivity contribution is 7.99. The molecule has 1 aromatic heterocycles. The second kappa shape index (κ2) is 9.67. The molecule has 1 saturated heterocycles. The minimum Gasteiger partial charge on any atom is -0.342 e. The molecule has 30 heavy (non-hydrogen) atoms. The van der Waals surface area contributed by atoms with Gasteiger partial charge >= 0.3 is 0 Å². The lowest BCUT2D eigenvalue weighted by Crippen LogP contribution is -2.33. The lowest BCUT2D eigenvalue weighted by molar-refractivity contribution is -0.128. The first kappa shape index (κ1) is 20.9. The van der Waals surface area contributed by atoms with Gasteiger partial charge in [0.15, 0.2) is 11.0 Å². The van der Waals surface area contributed by atoms with Crippen LogP contribution in [-0.2, 0) is 4.79 Å². The molecule has 1 aliphatic rings. The Balaban J connectivity index is 1.61. The molecule has 5 nitrogen and oxygen atoms in total. The maximum absolute atomic E-state index is 12.8. The van der Waals surface area contributed by atoms with Crippen molar-refractivity contribution in [2.24, 2.45) is 0 Å². The molecule has 3 aromatic rings. The number of thioether (sulfide) groups is 1. The zero-order valence-corrected chi connectivity index (χ0v) is 18.6. The van der Waals surface area contributed by atoms with Crippen LogP contribution >= 0.6 is 23.4 Å². The number of benzene rings is 2. The van der Waals surface area contributed by atoms with Gasteiger partial charge in [0.1, 0.15) is 0 Å². The maximum Gasteiger partial charge on any atom is 0.233 e. The van der Waals surface area contributed by atoms with E-state index in [4.69, 9.17) is 11.6 Å². The Labute approximate surface area is 186 Å². The van der Waals surface area contributed by atoms with Gasteiger partial charge in [-0.3, -0.25) is 9.36 Å². The Morgan fingerprint density at radius 3 is 2.30 bits per heavy atom. The van der Waals surface area contributed by atoms with E-state index in [0.717, 1.165) is 43.0 Å². The van der Waals surface area contributed by atoms with E-state index in [1.54, 1.807) is 0 Å². The van der Waals surface area contributed by atoms with Gasteiger partial charge in [0.2, 0.25) is 5.91 Å². The molecule has 1 amide bonds. The molecule has 0 N–H and O–H groups in total. The monoisotopic (exact) mass is 440 g/mol. The first-order valence-corrected chi connectivity index (χ1v) is 11.7. The van der Waals surface area contributed by atoms with E-state index in [9.17, 15) is 4.79 Å². The molecule has 2 aromatic carbocycles. The largest absolute Gasteiger partial charge is 0.342 e. The van der Waals surface area contributed by atoms with Crippen LogP contribution in [0.3, 0.4) is 0 Å². The topological polar surface area (TPSA) is 51.0 Å². The summed E-state index contributed by atoms with van der Waals surface area (Å²) in [4.78, 5) is 14.8. The Morgan fingerprint density at radius 1 is 0.967 bits per heavy atom. The molecule has 0 unspecified atom stereocenters. The van der Waals surface area contributed by atoms with Crippen molar-refractivity contribution < 1.29 is 4.79 Å². The summed E-state index contributed by atoms with van der Waals surface area (Å²) in [5.74, 6) is 1.28. The van der Waals surface area contributed by atoms with Crippen molar-refractivity contribution in [3.8, 4) is 17.1 Å². The van der Waals surface area contributed by atoms with Crippen LogP contribution in [0, 0.1) is 6.92 Å². The number of aromatic nitrogens is 3. The predicted octanol–water partition coefficient (Wildman–Crippen LogP) is 5.39. The summed E-state index contributed by atoms with van der Waals surface area (Å²) in [6, 6.07) is 15.8. The van der Waals surface area contributed by atoms with E-state index in [-0.39, 0.29) is 5.91 Å². The van der Waals surface area contributed by atoms with Gasteiger partial charge in [-0.1, -0.05) is 53.9 Å². The van der Waals surface area contributed by atoms with Crippen molar-refractivity contribution in [3.05, 3.63) is 59.1 Å². The predicted molar refractivity (Wildman–Crippen MR) is 122 cm³/mol. The van der Waals surface area contributed by atoms with Crippen molar-refractivity contribution >= 4 is 29.3 Å². The van der Waals surface area contributed by atoms with Gasteiger partial charge in [-0.25, -0.2) is 0 Å². The zero-order valence-electron chi connectivity index (χ0n) is 17.1. The minimum atomic E-state index is 0.174. The normalized spacial score (nSPS) is 14.5. The summed E-state index contributed by atoms with van der Waals surface area (Å²) < 4.78 is 2.02. The highest BCUT2D eigenvalue weighted by Crippen LogP contribution is 2.29. The highest BCUT2D eigenvalue weighted by atomic mass is 35.5. The number of rotatable bonds is 5. The summed E-state index contributed by atoms with van der Waals surface area (Å²) in [6.07, 6.45) is 4.61. The van der Waals surface area contributed by atoms with E-state index in [1.165, 1.54) is 30.2 Å². The second-order valence-electron chi connectivity index (χ2n) is 7.57. The van der Waals surface area contributed by atoms with Crippen molar-refractivity contribution in [3.63, 3.8) is 0 Å². The van der Waals surface area contributed by atoms with Crippen LogP contribution in [0.2, 0.25) is 5.02 Å². The quantitative estimate of drug-likeness (QED) is 0.499. The molecule has 2 heterocycles. The van der Waals surface area contributed by atoms with Crippen molar-refractivity contribution in [2.45, 2.75) is 37.8 Å². The fraction of sp³-hybridized carbons (Fsp3) is 0.348. The number of halogens is 1. The Bertz CT molecular complexity index is 993. The van der Waals surface area contributed by atoms with Crippen LogP contribution in [0.4, 0.5) is 0 Å². The van der Waals surface area contributed by atoms with Gasteiger partial charge in [-0.05, 0) is 56.2 Å². The van der Waals surface area contributed by atoms with Gasteiger partial charge in [0.05, 0.1) is 5.75 Å². The van der Waals surface area contributed by atoms with Crippen molar-refractivity contribution in [1.29, 1.82) is 0 Å². The van der Waals surface area contributed by atoms with Crippen LogP contribution < -0.4 is 0 Å². The Morgan fingerprint density at radius 2 is 1.63 bits per heavy atom. The molecule has 156 valence electrons. The lowest BCUT2D eigenvalue weighted by Gasteiger charge is -2.20.